The maximum Gasteiger partial charge on any atom is 0.421 e. The van der Waals surface area contributed by atoms with E-state index < -0.39 is 0 Å². The third-order valence-electron chi connectivity index (χ3n) is 4.98. The van der Waals surface area contributed by atoms with Crippen LogP contribution in [0.3, 0.4) is 0 Å². The number of hydrogen-bond acceptors (Lipinski definition) is 7. The molecule has 0 spiro atoms. The molecule has 0 aromatic carbocycles. The van der Waals surface area contributed by atoms with Crippen LogP contribution in [0.1, 0.15) is 35.3 Å². The summed E-state index contributed by atoms with van der Waals surface area (Å²) in [5.74, 6) is 0.990. The molecule has 5 rings (SSSR count). The zero-order valence-corrected chi connectivity index (χ0v) is 14.5. The highest BCUT2D eigenvalue weighted by Crippen LogP contribution is 2.33. The zero-order valence-electron chi connectivity index (χ0n) is 13.7. The first-order valence-corrected chi connectivity index (χ1v) is 9.04. The van der Waals surface area contributed by atoms with Gasteiger partial charge in [0.1, 0.15) is 0 Å². The van der Waals surface area contributed by atoms with Gasteiger partial charge in [0.25, 0.3) is 5.91 Å². The smallest absolute Gasteiger partial charge is 0.399 e. The van der Waals surface area contributed by atoms with Gasteiger partial charge in [0, 0.05) is 19.0 Å². The zero-order chi connectivity index (χ0) is 16.7. The Labute approximate surface area is 144 Å². The molecule has 5 heterocycles. The minimum Gasteiger partial charge on any atom is -0.399 e. The van der Waals surface area contributed by atoms with Crippen LogP contribution in [0.5, 0.6) is 11.1 Å². The van der Waals surface area contributed by atoms with E-state index in [-0.39, 0.29) is 18.0 Å². The van der Waals surface area contributed by atoms with Crippen LogP contribution in [-0.2, 0) is 0 Å². The van der Waals surface area contributed by atoms with Crippen LogP contribution in [0, 0.1) is 12.8 Å². The molecule has 1 amide bonds. The van der Waals surface area contributed by atoms with Crippen LogP contribution in [0.15, 0.2) is 16.5 Å². The van der Waals surface area contributed by atoms with Crippen LogP contribution < -0.4 is 10.1 Å². The highest BCUT2D eigenvalue weighted by Gasteiger charge is 2.40. The monoisotopic (exact) mass is 348 g/mol. The molecular formula is C16H20N4O3S. The van der Waals surface area contributed by atoms with E-state index >= 15 is 0 Å². The predicted octanol–water partition coefficient (Wildman–Crippen LogP) is 2.44. The molecule has 3 aliphatic heterocycles. The first-order chi connectivity index (χ1) is 11.6. The first-order valence-electron chi connectivity index (χ1n) is 8.23. The fourth-order valence-corrected chi connectivity index (χ4v) is 4.42. The summed E-state index contributed by atoms with van der Waals surface area (Å²) < 4.78 is 10.7. The van der Waals surface area contributed by atoms with Gasteiger partial charge in [0.05, 0.1) is 4.88 Å². The number of fused-ring (bicyclic) bond motifs is 3. The van der Waals surface area contributed by atoms with Crippen LogP contribution >= 0.6 is 11.3 Å². The van der Waals surface area contributed by atoms with Crippen molar-refractivity contribution in [1.29, 1.82) is 0 Å². The molecule has 128 valence electrons. The van der Waals surface area contributed by atoms with Gasteiger partial charge in [-0.15, -0.1) is 5.10 Å². The fourth-order valence-electron chi connectivity index (χ4n) is 3.67. The third-order valence-corrected chi connectivity index (χ3v) is 5.94. The van der Waals surface area contributed by atoms with Crippen molar-refractivity contribution in [2.45, 2.75) is 38.8 Å². The van der Waals surface area contributed by atoms with Gasteiger partial charge in [-0.05, 0) is 50.9 Å². The summed E-state index contributed by atoms with van der Waals surface area (Å²) in [6, 6.07) is 4.15. The fraction of sp³-hybridized carbons (Fsp3) is 0.562. The van der Waals surface area contributed by atoms with Gasteiger partial charge in [-0.1, -0.05) is 16.4 Å². The maximum absolute atomic E-state index is 12.6. The maximum atomic E-state index is 12.6. The quantitative estimate of drug-likeness (QED) is 0.914. The number of carbonyl (C=O) groups excluding carboxylic acids is 1. The summed E-state index contributed by atoms with van der Waals surface area (Å²) in [5.41, 5.74) is 0. The Morgan fingerprint density at radius 2 is 2.17 bits per heavy atom. The number of nitrogens with zero attached hydrogens (tertiary/aromatic N) is 3. The Morgan fingerprint density at radius 3 is 2.83 bits per heavy atom. The lowest BCUT2D eigenvalue weighted by Crippen LogP contribution is -2.62. The van der Waals surface area contributed by atoms with Crippen LogP contribution in [0.2, 0.25) is 0 Å². The molecule has 2 bridgehead atoms. The van der Waals surface area contributed by atoms with Crippen molar-refractivity contribution in [1.82, 2.24) is 20.4 Å². The predicted molar refractivity (Wildman–Crippen MR) is 88.4 cm³/mol. The molecule has 0 radical (unpaired) electrons. The summed E-state index contributed by atoms with van der Waals surface area (Å²) in [4.78, 5) is 15.7. The number of rotatable bonds is 4. The number of amides is 1. The molecule has 3 fully saturated rings. The number of ether oxygens (including phenoxy) is 1. The average molecular weight is 348 g/mol. The minimum absolute atomic E-state index is 0.0397. The Hall–Kier alpha value is -1.93. The van der Waals surface area contributed by atoms with E-state index in [0.717, 1.165) is 13.1 Å². The van der Waals surface area contributed by atoms with Gasteiger partial charge in [-0.2, -0.15) is 0 Å². The van der Waals surface area contributed by atoms with E-state index in [1.165, 1.54) is 24.2 Å². The van der Waals surface area contributed by atoms with E-state index in [0.29, 0.717) is 27.8 Å². The standard InChI is InChI=1S/C16H20N4O3S/c1-9-14(11-5-7-20(9)8-6-11)17-15(21)12-3-4-13(24-12)23-16-19-18-10(2)22-16/h3-4,9,11,14H,5-8H2,1-2H3,(H,17,21). The molecule has 2 atom stereocenters. The molecule has 2 aromatic rings. The Bertz CT molecular complexity index is 733. The molecule has 7 nitrogen and oxygen atoms in total. The molecule has 8 heteroatoms. The SMILES string of the molecule is Cc1nnc(Oc2ccc(C(=O)NC3C4CCN(CC4)C3C)s2)o1. The molecule has 24 heavy (non-hydrogen) atoms. The number of aromatic nitrogens is 2. The molecule has 2 aromatic heterocycles. The molecular weight excluding hydrogens is 328 g/mol. The lowest BCUT2D eigenvalue weighted by molar-refractivity contribution is 0.0218. The second-order valence-corrected chi connectivity index (χ2v) is 7.47. The van der Waals surface area contributed by atoms with E-state index in [1.54, 1.807) is 19.1 Å². The normalized spacial score (nSPS) is 28.8. The molecule has 2 unspecified atom stereocenters. The second kappa shape index (κ2) is 6.18. The first kappa shape index (κ1) is 15.6. The van der Waals surface area contributed by atoms with Crippen molar-refractivity contribution < 1.29 is 13.9 Å². The molecule has 3 saturated heterocycles. The van der Waals surface area contributed by atoms with E-state index in [9.17, 15) is 4.79 Å². The Balaban J connectivity index is 1.41. The summed E-state index contributed by atoms with van der Waals surface area (Å²) in [7, 11) is 0. The van der Waals surface area contributed by atoms with Gasteiger partial charge in [-0.3, -0.25) is 9.69 Å². The average Bonchev–Trinajstić information content (AvgIpc) is 3.21. The van der Waals surface area contributed by atoms with Crippen molar-refractivity contribution in [3.63, 3.8) is 0 Å². The summed E-state index contributed by atoms with van der Waals surface area (Å²) in [6.45, 7) is 6.21. The largest absolute Gasteiger partial charge is 0.421 e. The highest BCUT2D eigenvalue weighted by atomic mass is 32.1. The molecule has 3 aliphatic rings. The number of carbonyl (C=O) groups is 1. The molecule has 0 saturated carbocycles. The van der Waals surface area contributed by atoms with E-state index in [2.05, 4.69) is 27.3 Å². The van der Waals surface area contributed by atoms with Crippen LogP contribution in [0.25, 0.3) is 0 Å². The van der Waals surface area contributed by atoms with E-state index in [1.807, 2.05) is 0 Å². The van der Waals surface area contributed by atoms with Crippen LogP contribution in [0.4, 0.5) is 0 Å². The van der Waals surface area contributed by atoms with Gasteiger partial charge in [0.2, 0.25) is 5.89 Å². The van der Waals surface area contributed by atoms with Gasteiger partial charge in [-0.25, -0.2) is 0 Å². The van der Waals surface area contributed by atoms with Gasteiger partial charge >= 0.3 is 6.08 Å². The van der Waals surface area contributed by atoms with Gasteiger partial charge < -0.3 is 14.5 Å². The summed E-state index contributed by atoms with van der Waals surface area (Å²) >= 11 is 1.28. The molecule has 0 aliphatic carbocycles. The third kappa shape index (κ3) is 2.91. The number of thiophene rings is 1. The van der Waals surface area contributed by atoms with Crippen molar-refractivity contribution in [3.8, 4) is 11.1 Å². The highest BCUT2D eigenvalue weighted by molar-refractivity contribution is 7.15. The number of piperidine rings is 3. The number of aryl methyl sites for hydroxylation is 1. The van der Waals surface area contributed by atoms with Crippen molar-refractivity contribution in [2.75, 3.05) is 13.1 Å². The Kier molecular flexibility index (Phi) is 4.01. The number of nitrogens with one attached hydrogen (secondary N) is 1. The lowest BCUT2D eigenvalue weighted by Gasteiger charge is -2.49. The molecule has 1 N–H and O–H groups in total. The minimum atomic E-state index is -0.0397. The topological polar surface area (TPSA) is 80.5 Å². The van der Waals surface area contributed by atoms with Gasteiger partial charge in [0.15, 0.2) is 5.06 Å². The summed E-state index contributed by atoms with van der Waals surface area (Å²) in [6.07, 6.45) is 2.43. The van der Waals surface area contributed by atoms with E-state index in [4.69, 9.17) is 9.15 Å². The van der Waals surface area contributed by atoms with Crippen molar-refractivity contribution in [3.05, 3.63) is 22.9 Å². The lowest BCUT2D eigenvalue weighted by atomic mass is 9.79. The second-order valence-electron chi connectivity index (χ2n) is 6.42. The van der Waals surface area contributed by atoms with Crippen molar-refractivity contribution >= 4 is 17.2 Å². The van der Waals surface area contributed by atoms with Crippen molar-refractivity contribution in [2.24, 2.45) is 5.92 Å². The summed E-state index contributed by atoms with van der Waals surface area (Å²) in [5, 5.41) is 11.3. The Morgan fingerprint density at radius 1 is 1.38 bits per heavy atom. The number of hydrogen-bond donors (Lipinski definition) is 1. The van der Waals surface area contributed by atoms with Crippen LogP contribution in [-0.4, -0.2) is 46.2 Å².